The van der Waals surface area contributed by atoms with E-state index in [0.29, 0.717) is 24.0 Å². The first kappa shape index (κ1) is 12.8. The molecule has 19 heavy (non-hydrogen) atoms. The molecule has 5 nitrogen and oxygen atoms in total. The van der Waals surface area contributed by atoms with E-state index >= 15 is 0 Å². The number of aryl methyl sites for hydroxylation is 1. The normalized spacial score (nSPS) is 9.74. The molecule has 0 fully saturated rings. The lowest BCUT2D eigenvalue weighted by Gasteiger charge is -2.07. The van der Waals surface area contributed by atoms with Gasteiger partial charge in [0.05, 0.1) is 7.11 Å². The minimum absolute atomic E-state index is 0.303. The molecule has 0 saturated carbocycles. The number of benzene rings is 1. The summed E-state index contributed by atoms with van der Waals surface area (Å²) in [6.07, 6.45) is 0. The first-order valence-corrected chi connectivity index (χ1v) is 5.73. The lowest BCUT2D eigenvalue weighted by molar-refractivity contribution is 0.292. The SMILES string of the molecule is COc1ccc(COc2cc(C#N)nc(C)n2)cc1. The lowest BCUT2D eigenvalue weighted by atomic mass is 10.2. The highest BCUT2D eigenvalue weighted by atomic mass is 16.5. The Morgan fingerprint density at radius 3 is 2.58 bits per heavy atom. The number of nitriles is 1. The van der Waals surface area contributed by atoms with Crippen molar-refractivity contribution in [1.82, 2.24) is 9.97 Å². The van der Waals surface area contributed by atoms with Gasteiger partial charge in [-0.1, -0.05) is 12.1 Å². The van der Waals surface area contributed by atoms with E-state index < -0.39 is 0 Å². The maximum atomic E-state index is 8.82. The van der Waals surface area contributed by atoms with E-state index in [1.54, 1.807) is 14.0 Å². The highest BCUT2D eigenvalue weighted by Crippen LogP contribution is 2.14. The number of nitrogens with zero attached hydrogens (tertiary/aromatic N) is 3. The molecular weight excluding hydrogens is 242 g/mol. The number of hydrogen-bond donors (Lipinski definition) is 0. The zero-order valence-corrected chi connectivity index (χ0v) is 10.8. The molecule has 0 bridgehead atoms. The minimum Gasteiger partial charge on any atom is -0.497 e. The monoisotopic (exact) mass is 255 g/mol. The third-order valence-corrected chi connectivity index (χ3v) is 2.47. The van der Waals surface area contributed by atoms with Gasteiger partial charge >= 0.3 is 0 Å². The van der Waals surface area contributed by atoms with Gasteiger partial charge < -0.3 is 9.47 Å². The fourth-order valence-electron chi connectivity index (χ4n) is 1.55. The second-order valence-corrected chi connectivity index (χ2v) is 3.89. The summed E-state index contributed by atoms with van der Waals surface area (Å²) < 4.78 is 10.6. The summed E-state index contributed by atoms with van der Waals surface area (Å²) in [6.45, 7) is 2.10. The molecule has 0 atom stereocenters. The molecule has 0 aliphatic carbocycles. The Labute approximate surface area is 111 Å². The van der Waals surface area contributed by atoms with Gasteiger partial charge in [-0.15, -0.1) is 0 Å². The molecular formula is C14H13N3O2. The standard InChI is InChI=1S/C14H13N3O2/c1-10-16-12(8-15)7-14(17-10)19-9-11-3-5-13(18-2)6-4-11/h3-7H,9H2,1-2H3. The summed E-state index contributed by atoms with van der Waals surface area (Å²) in [7, 11) is 1.62. The van der Waals surface area contributed by atoms with E-state index in [1.807, 2.05) is 30.3 Å². The Balaban J connectivity index is 2.05. The third-order valence-electron chi connectivity index (χ3n) is 2.47. The van der Waals surface area contributed by atoms with Gasteiger partial charge in [-0.3, -0.25) is 0 Å². The summed E-state index contributed by atoms with van der Waals surface area (Å²) in [6, 6.07) is 11.1. The quantitative estimate of drug-likeness (QED) is 0.838. The van der Waals surface area contributed by atoms with Crippen molar-refractivity contribution in [2.45, 2.75) is 13.5 Å². The van der Waals surface area contributed by atoms with Gasteiger partial charge in [-0.25, -0.2) is 4.98 Å². The second kappa shape index (κ2) is 5.83. The molecule has 0 radical (unpaired) electrons. The highest BCUT2D eigenvalue weighted by molar-refractivity contribution is 5.28. The predicted molar refractivity (Wildman–Crippen MR) is 68.8 cm³/mol. The molecule has 0 amide bonds. The topological polar surface area (TPSA) is 68.0 Å². The fourth-order valence-corrected chi connectivity index (χ4v) is 1.55. The van der Waals surface area contributed by atoms with Crippen LogP contribution in [-0.2, 0) is 6.61 Å². The van der Waals surface area contributed by atoms with Crippen LogP contribution in [0.3, 0.4) is 0 Å². The Morgan fingerprint density at radius 1 is 1.21 bits per heavy atom. The van der Waals surface area contributed by atoms with Crippen molar-refractivity contribution in [3.05, 3.63) is 47.4 Å². The molecule has 0 aliphatic rings. The number of methoxy groups -OCH3 is 1. The van der Waals surface area contributed by atoms with E-state index in [0.717, 1.165) is 11.3 Å². The Hall–Kier alpha value is -2.61. The van der Waals surface area contributed by atoms with E-state index in [1.165, 1.54) is 6.07 Å². The van der Waals surface area contributed by atoms with E-state index in [4.69, 9.17) is 14.7 Å². The van der Waals surface area contributed by atoms with Gasteiger partial charge in [-0.2, -0.15) is 10.2 Å². The van der Waals surface area contributed by atoms with Gasteiger partial charge in [-0.05, 0) is 24.6 Å². The minimum atomic E-state index is 0.303. The van der Waals surface area contributed by atoms with E-state index in [-0.39, 0.29) is 0 Å². The maximum Gasteiger partial charge on any atom is 0.218 e. The predicted octanol–water partition coefficient (Wildman–Crippen LogP) is 2.24. The number of aromatic nitrogens is 2. The average Bonchev–Trinajstić information content (AvgIpc) is 2.45. The molecule has 1 heterocycles. The van der Waals surface area contributed by atoms with E-state index in [9.17, 15) is 0 Å². The van der Waals surface area contributed by atoms with Crippen molar-refractivity contribution >= 4 is 0 Å². The molecule has 0 unspecified atom stereocenters. The molecule has 0 N–H and O–H groups in total. The fraction of sp³-hybridized carbons (Fsp3) is 0.214. The van der Waals surface area contributed by atoms with Crippen LogP contribution < -0.4 is 9.47 Å². The summed E-state index contributed by atoms with van der Waals surface area (Å²) >= 11 is 0. The van der Waals surface area contributed by atoms with Gasteiger partial charge in [0.1, 0.15) is 29.9 Å². The lowest BCUT2D eigenvalue weighted by Crippen LogP contribution is -2.00. The molecule has 0 saturated heterocycles. The Morgan fingerprint density at radius 2 is 1.95 bits per heavy atom. The number of ether oxygens (including phenoxy) is 2. The first-order chi connectivity index (χ1) is 9.21. The van der Waals surface area contributed by atoms with Gasteiger partial charge in [0.15, 0.2) is 0 Å². The van der Waals surface area contributed by atoms with Gasteiger partial charge in [0, 0.05) is 6.07 Å². The molecule has 96 valence electrons. The van der Waals surface area contributed by atoms with Crippen LogP contribution in [0.15, 0.2) is 30.3 Å². The van der Waals surface area contributed by atoms with Crippen LogP contribution >= 0.6 is 0 Å². The molecule has 1 aromatic carbocycles. The van der Waals surface area contributed by atoms with Crippen molar-refractivity contribution in [1.29, 1.82) is 5.26 Å². The highest BCUT2D eigenvalue weighted by Gasteiger charge is 2.03. The smallest absolute Gasteiger partial charge is 0.218 e. The maximum absolute atomic E-state index is 8.82. The van der Waals surface area contributed by atoms with Crippen LogP contribution in [0.2, 0.25) is 0 Å². The van der Waals surface area contributed by atoms with Crippen LogP contribution in [-0.4, -0.2) is 17.1 Å². The van der Waals surface area contributed by atoms with Crippen LogP contribution in [0.25, 0.3) is 0 Å². The van der Waals surface area contributed by atoms with Crippen molar-refractivity contribution in [3.8, 4) is 17.7 Å². The Bertz CT molecular complexity index is 603. The number of rotatable bonds is 4. The summed E-state index contributed by atoms with van der Waals surface area (Å²) in [5.41, 5.74) is 1.30. The van der Waals surface area contributed by atoms with E-state index in [2.05, 4.69) is 9.97 Å². The first-order valence-electron chi connectivity index (χ1n) is 5.73. The van der Waals surface area contributed by atoms with Crippen molar-refractivity contribution < 1.29 is 9.47 Å². The van der Waals surface area contributed by atoms with Crippen LogP contribution in [0.4, 0.5) is 0 Å². The summed E-state index contributed by atoms with van der Waals surface area (Å²) in [5, 5.41) is 8.82. The Kier molecular flexibility index (Phi) is 3.94. The molecule has 5 heteroatoms. The summed E-state index contributed by atoms with van der Waals surface area (Å²) in [4.78, 5) is 8.08. The summed E-state index contributed by atoms with van der Waals surface area (Å²) in [5.74, 6) is 1.72. The molecule has 0 aliphatic heterocycles. The zero-order chi connectivity index (χ0) is 13.7. The third kappa shape index (κ3) is 3.42. The second-order valence-electron chi connectivity index (χ2n) is 3.89. The molecule has 1 aromatic heterocycles. The van der Waals surface area contributed by atoms with Gasteiger partial charge in [0.25, 0.3) is 0 Å². The average molecular weight is 255 g/mol. The van der Waals surface area contributed by atoms with Crippen LogP contribution in [0, 0.1) is 18.3 Å². The van der Waals surface area contributed by atoms with Crippen molar-refractivity contribution in [2.24, 2.45) is 0 Å². The van der Waals surface area contributed by atoms with Crippen LogP contribution in [0.5, 0.6) is 11.6 Å². The number of hydrogen-bond acceptors (Lipinski definition) is 5. The molecule has 2 aromatic rings. The van der Waals surface area contributed by atoms with Gasteiger partial charge in [0.2, 0.25) is 5.88 Å². The van der Waals surface area contributed by atoms with Crippen molar-refractivity contribution in [3.63, 3.8) is 0 Å². The molecule has 2 rings (SSSR count). The largest absolute Gasteiger partial charge is 0.497 e. The molecule has 0 spiro atoms. The van der Waals surface area contributed by atoms with Crippen molar-refractivity contribution in [2.75, 3.05) is 7.11 Å². The zero-order valence-electron chi connectivity index (χ0n) is 10.8. The van der Waals surface area contributed by atoms with Crippen LogP contribution in [0.1, 0.15) is 17.1 Å².